The van der Waals surface area contributed by atoms with E-state index in [-0.39, 0.29) is 11.6 Å². The van der Waals surface area contributed by atoms with Gasteiger partial charge in [-0.2, -0.15) is 0 Å². The first-order valence-electron chi connectivity index (χ1n) is 5.31. The lowest BCUT2D eigenvalue weighted by molar-refractivity contribution is 0.244. The van der Waals surface area contributed by atoms with Crippen molar-refractivity contribution in [1.82, 2.24) is 10.3 Å². The van der Waals surface area contributed by atoms with Crippen LogP contribution < -0.4 is 10.6 Å². The van der Waals surface area contributed by atoms with Crippen LogP contribution in [0.1, 0.15) is 32.2 Å². The van der Waals surface area contributed by atoms with Gasteiger partial charge in [0, 0.05) is 11.2 Å². The number of carbonyl (C=O) groups is 1. The van der Waals surface area contributed by atoms with E-state index in [0.717, 1.165) is 17.1 Å². The van der Waals surface area contributed by atoms with E-state index >= 15 is 0 Å². The number of amides is 2. The maximum Gasteiger partial charge on any atom is 0.319 e. The fourth-order valence-corrected chi connectivity index (χ4v) is 1.31. The summed E-state index contributed by atoms with van der Waals surface area (Å²) in [6.45, 7) is 9.61. The SMILES string of the molecule is Cc1ccc(NC(=O)NC(C)(C)C)c(C)n1. The monoisotopic (exact) mass is 221 g/mol. The summed E-state index contributed by atoms with van der Waals surface area (Å²) in [5.41, 5.74) is 2.27. The van der Waals surface area contributed by atoms with Crippen molar-refractivity contribution in [1.29, 1.82) is 0 Å². The van der Waals surface area contributed by atoms with Crippen molar-refractivity contribution in [2.45, 2.75) is 40.2 Å². The Bertz CT molecular complexity index is 394. The third-order valence-corrected chi connectivity index (χ3v) is 1.96. The van der Waals surface area contributed by atoms with Crippen LogP contribution in [0.25, 0.3) is 0 Å². The number of carbonyl (C=O) groups excluding carboxylic acids is 1. The molecule has 1 heterocycles. The van der Waals surface area contributed by atoms with Gasteiger partial charge in [0.05, 0.1) is 11.4 Å². The maximum atomic E-state index is 11.6. The van der Waals surface area contributed by atoms with E-state index in [2.05, 4.69) is 15.6 Å². The lowest BCUT2D eigenvalue weighted by Crippen LogP contribution is -2.43. The molecule has 1 aromatic heterocycles. The molecule has 4 nitrogen and oxygen atoms in total. The fraction of sp³-hybridized carbons (Fsp3) is 0.500. The molecule has 0 bridgehead atoms. The molecule has 0 fully saturated rings. The second-order valence-electron chi connectivity index (χ2n) is 4.91. The van der Waals surface area contributed by atoms with Crippen LogP contribution >= 0.6 is 0 Å². The highest BCUT2D eigenvalue weighted by Gasteiger charge is 2.14. The van der Waals surface area contributed by atoms with Crippen LogP contribution in [0.2, 0.25) is 0 Å². The number of anilines is 1. The Morgan fingerprint density at radius 3 is 2.38 bits per heavy atom. The Hall–Kier alpha value is -1.58. The maximum absolute atomic E-state index is 11.6. The summed E-state index contributed by atoms with van der Waals surface area (Å²) in [4.78, 5) is 15.9. The molecule has 2 amide bonds. The largest absolute Gasteiger partial charge is 0.333 e. The number of urea groups is 1. The number of nitrogens with zero attached hydrogens (tertiary/aromatic N) is 1. The lowest BCUT2D eigenvalue weighted by atomic mass is 10.1. The highest BCUT2D eigenvalue weighted by molar-refractivity contribution is 5.90. The van der Waals surface area contributed by atoms with Gasteiger partial charge in [-0.1, -0.05) is 0 Å². The third-order valence-electron chi connectivity index (χ3n) is 1.96. The molecule has 0 aliphatic heterocycles. The van der Waals surface area contributed by atoms with E-state index in [1.54, 1.807) is 0 Å². The molecule has 0 aromatic carbocycles. The molecule has 88 valence electrons. The summed E-state index contributed by atoms with van der Waals surface area (Å²) in [6.07, 6.45) is 0. The van der Waals surface area contributed by atoms with Gasteiger partial charge < -0.3 is 10.6 Å². The molecule has 0 saturated heterocycles. The molecule has 0 unspecified atom stereocenters. The lowest BCUT2D eigenvalue weighted by Gasteiger charge is -2.21. The number of pyridine rings is 1. The van der Waals surface area contributed by atoms with Gasteiger partial charge in [-0.05, 0) is 46.8 Å². The summed E-state index contributed by atoms with van der Waals surface area (Å²) in [5, 5.41) is 5.61. The minimum atomic E-state index is -0.240. The minimum Gasteiger partial charge on any atom is -0.333 e. The Labute approximate surface area is 96.5 Å². The zero-order valence-corrected chi connectivity index (χ0v) is 10.5. The van der Waals surface area contributed by atoms with Gasteiger partial charge in [0.15, 0.2) is 0 Å². The molecule has 0 saturated carbocycles. The Morgan fingerprint density at radius 2 is 1.88 bits per heavy atom. The molecule has 0 aliphatic carbocycles. The van der Waals surface area contributed by atoms with E-state index < -0.39 is 0 Å². The number of hydrogen-bond donors (Lipinski definition) is 2. The Kier molecular flexibility index (Phi) is 3.52. The second-order valence-corrected chi connectivity index (χ2v) is 4.91. The molecule has 0 aliphatic rings. The van der Waals surface area contributed by atoms with Gasteiger partial charge >= 0.3 is 6.03 Å². The zero-order valence-electron chi connectivity index (χ0n) is 10.5. The third kappa shape index (κ3) is 3.88. The van der Waals surface area contributed by atoms with E-state index in [1.807, 2.05) is 46.8 Å². The molecule has 0 atom stereocenters. The molecule has 4 heteroatoms. The van der Waals surface area contributed by atoms with E-state index in [0.29, 0.717) is 0 Å². The van der Waals surface area contributed by atoms with Crippen LogP contribution in [0.4, 0.5) is 10.5 Å². The number of rotatable bonds is 1. The summed E-state index contributed by atoms with van der Waals surface area (Å²) >= 11 is 0. The molecule has 0 radical (unpaired) electrons. The number of aryl methyl sites for hydroxylation is 2. The van der Waals surface area contributed by atoms with Crippen LogP contribution in [0.15, 0.2) is 12.1 Å². The first kappa shape index (κ1) is 12.5. The van der Waals surface area contributed by atoms with Crippen molar-refractivity contribution in [3.8, 4) is 0 Å². The quantitative estimate of drug-likeness (QED) is 0.766. The van der Waals surface area contributed by atoms with Gasteiger partial charge in [-0.15, -0.1) is 0 Å². The summed E-state index contributed by atoms with van der Waals surface area (Å²) in [5.74, 6) is 0. The Morgan fingerprint density at radius 1 is 1.25 bits per heavy atom. The van der Waals surface area contributed by atoms with Gasteiger partial charge in [0.1, 0.15) is 0 Å². The first-order valence-corrected chi connectivity index (χ1v) is 5.31. The topological polar surface area (TPSA) is 54.0 Å². The normalized spacial score (nSPS) is 11.1. The van der Waals surface area contributed by atoms with E-state index in [1.165, 1.54) is 0 Å². The number of nitrogens with one attached hydrogen (secondary N) is 2. The van der Waals surface area contributed by atoms with Gasteiger partial charge in [-0.3, -0.25) is 4.98 Å². The average Bonchev–Trinajstić information content (AvgIpc) is 2.06. The van der Waals surface area contributed by atoms with Crippen molar-refractivity contribution in [3.63, 3.8) is 0 Å². The molecule has 1 aromatic rings. The molecule has 2 N–H and O–H groups in total. The van der Waals surface area contributed by atoms with Crippen molar-refractivity contribution < 1.29 is 4.79 Å². The minimum absolute atomic E-state index is 0.207. The summed E-state index contributed by atoms with van der Waals surface area (Å²) in [6, 6.07) is 3.53. The van der Waals surface area contributed by atoms with Crippen molar-refractivity contribution in [2.75, 3.05) is 5.32 Å². The van der Waals surface area contributed by atoms with E-state index in [4.69, 9.17) is 0 Å². The predicted molar refractivity (Wildman–Crippen MR) is 65.6 cm³/mol. The molecule has 1 rings (SSSR count). The van der Waals surface area contributed by atoms with Gasteiger partial charge in [0.25, 0.3) is 0 Å². The second kappa shape index (κ2) is 4.51. The van der Waals surface area contributed by atoms with Gasteiger partial charge in [0.2, 0.25) is 0 Å². The molecule has 0 spiro atoms. The average molecular weight is 221 g/mol. The highest BCUT2D eigenvalue weighted by Crippen LogP contribution is 2.12. The zero-order chi connectivity index (χ0) is 12.3. The predicted octanol–water partition coefficient (Wildman–Crippen LogP) is 2.62. The van der Waals surface area contributed by atoms with Crippen molar-refractivity contribution >= 4 is 11.7 Å². The highest BCUT2D eigenvalue weighted by atomic mass is 16.2. The Balaban J connectivity index is 2.70. The van der Waals surface area contributed by atoms with Crippen LogP contribution in [0, 0.1) is 13.8 Å². The first-order chi connectivity index (χ1) is 7.28. The molecular weight excluding hydrogens is 202 g/mol. The molecule has 16 heavy (non-hydrogen) atoms. The molecular formula is C12H19N3O. The smallest absolute Gasteiger partial charge is 0.319 e. The standard InChI is InChI=1S/C12H19N3O/c1-8-6-7-10(9(2)13-8)14-11(16)15-12(3,4)5/h6-7H,1-5H3,(H2,14,15,16). The van der Waals surface area contributed by atoms with Crippen molar-refractivity contribution in [3.05, 3.63) is 23.5 Å². The number of aromatic nitrogens is 1. The van der Waals surface area contributed by atoms with Crippen LogP contribution in [0.3, 0.4) is 0 Å². The van der Waals surface area contributed by atoms with E-state index in [9.17, 15) is 4.79 Å². The summed E-state index contributed by atoms with van der Waals surface area (Å²) in [7, 11) is 0. The fourth-order valence-electron chi connectivity index (χ4n) is 1.31. The van der Waals surface area contributed by atoms with Gasteiger partial charge in [-0.25, -0.2) is 4.79 Å². The van der Waals surface area contributed by atoms with Crippen LogP contribution in [0.5, 0.6) is 0 Å². The number of hydrogen-bond acceptors (Lipinski definition) is 2. The van der Waals surface area contributed by atoms with Crippen molar-refractivity contribution in [2.24, 2.45) is 0 Å². The summed E-state index contributed by atoms with van der Waals surface area (Å²) < 4.78 is 0. The van der Waals surface area contributed by atoms with Crippen LogP contribution in [-0.4, -0.2) is 16.6 Å². The van der Waals surface area contributed by atoms with Crippen LogP contribution in [-0.2, 0) is 0 Å².